The molecule has 98 valence electrons. The number of amides is 2. The Bertz CT molecular complexity index is 417. The molecule has 1 saturated heterocycles. The molecule has 0 aliphatic carbocycles. The molecule has 1 aromatic rings. The molecule has 1 unspecified atom stereocenters. The number of hydrogen-bond donors (Lipinski definition) is 2. The second kappa shape index (κ2) is 5.63. The van der Waals surface area contributed by atoms with Gasteiger partial charge in [-0.15, -0.1) is 0 Å². The van der Waals surface area contributed by atoms with Crippen molar-refractivity contribution in [3.05, 3.63) is 18.5 Å². The van der Waals surface area contributed by atoms with E-state index in [1.165, 1.54) is 0 Å². The maximum Gasteiger partial charge on any atom is 0.245 e. The lowest BCUT2D eigenvalue weighted by Crippen LogP contribution is -2.59. The summed E-state index contributed by atoms with van der Waals surface area (Å²) < 4.78 is 1.56. The van der Waals surface area contributed by atoms with Gasteiger partial charge in [-0.05, 0) is 6.07 Å². The van der Waals surface area contributed by atoms with E-state index in [-0.39, 0.29) is 18.4 Å². The fraction of sp³-hybridized carbons (Fsp3) is 0.545. The van der Waals surface area contributed by atoms with Gasteiger partial charge >= 0.3 is 0 Å². The molecule has 2 heterocycles. The Labute approximate surface area is 105 Å². The van der Waals surface area contributed by atoms with Crippen LogP contribution >= 0.6 is 0 Å². The molecule has 0 saturated carbocycles. The van der Waals surface area contributed by atoms with E-state index in [9.17, 15) is 9.59 Å². The maximum absolute atomic E-state index is 12.2. The van der Waals surface area contributed by atoms with Gasteiger partial charge in [-0.3, -0.25) is 14.3 Å². The molecule has 7 heteroatoms. The topological polar surface area (TPSA) is 79.3 Å². The third-order valence-corrected chi connectivity index (χ3v) is 2.97. The predicted octanol–water partition coefficient (Wildman–Crippen LogP) is -1.57. The highest BCUT2D eigenvalue weighted by Crippen LogP contribution is 2.05. The van der Waals surface area contributed by atoms with E-state index in [1.54, 1.807) is 35.1 Å². The molecule has 1 aliphatic rings. The van der Waals surface area contributed by atoms with Crippen LogP contribution < -0.4 is 10.6 Å². The standard InChI is InChI=1S/C11H17N5O2/c1-12-11(18)9-7-13-4-6-16(9)10(17)8-15-5-2-3-14-15/h2-3,5,9,13H,4,6-8H2,1H3,(H,12,18). The van der Waals surface area contributed by atoms with Crippen molar-refractivity contribution in [3.8, 4) is 0 Å². The van der Waals surface area contributed by atoms with Gasteiger partial charge in [-0.2, -0.15) is 5.10 Å². The van der Waals surface area contributed by atoms with Crippen molar-refractivity contribution in [1.82, 2.24) is 25.3 Å². The number of aromatic nitrogens is 2. The normalized spacial score (nSPS) is 19.6. The van der Waals surface area contributed by atoms with E-state index < -0.39 is 6.04 Å². The molecule has 0 radical (unpaired) electrons. The highest BCUT2D eigenvalue weighted by molar-refractivity contribution is 5.87. The van der Waals surface area contributed by atoms with Crippen LogP contribution in [0.3, 0.4) is 0 Å². The molecule has 2 rings (SSSR count). The summed E-state index contributed by atoms with van der Waals surface area (Å²) in [5, 5.41) is 9.69. The number of carbonyl (C=O) groups excluding carboxylic acids is 2. The number of nitrogens with zero attached hydrogens (tertiary/aromatic N) is 3. The van der Waals surface area contributed by atoms with Crippen LogP contribution in [0.25, 0.3) is 0 Å². The quantitative estimate of drug-likeness (QED) is 0.680. The molecular formula is C11H17N5O2. The first-order valence-corrected chi connectivity index (χ1v) is 5.91. The summed E-state index contributed by atoms with van der Waals surface area (Å²) in [4.78, 5) is 25.5. The summed E-state index contributed by atoms with van der Waals surface area (Å²) in [7, 11) is 1.58. The molecule has 1 aromatic heterocycles. The second-order valence-corrected chi connectivity index (χ2v) is 4.12. The molecule has 2 amide bonds. The first-order chi connectivity index (χ1) is 8.72. The first kappa shape index (κ1) is 12.6. The highest BCUT2D eigenvalue weighted by Gasteiger charge is 2.31. The SMILES string of the molecule is CNC(=O)C1CNCCN1C(=O)Cn1cccn1. The van der Waals surface area contributed by atoms with Gasteiger partial charge in [0, 0.05) is 39.1 Å². The van der Waals surface area contributed by atoms with E-state index in [0.29, 0.717) is 19.6 Å². The molecule has 1 atom stereocenters. The third-order valence-electron chi connectivity index (χ3n) is 2.97. The van der Waals surface area contributed by atoms with E-state index in [0.717, 1.165) is 0 Å². The molecule has 0 aromatic carbocycles. The fourth-order valence-corrected chi connectivity index (χ4v) is 2.03. The summed E-state index contributed by atoms with van der Waals surface area (Å²) in [5.41, 5.74) is 0. The Hall–Kier alpha value is -1.89. The van der Waals surface area contributed by atoms with Crippen molar-refractivity contribution in [1.29, 1.82) is 0 Å². The van der Waals surface area contributed by atoms with E-state index in [1.807, 2.05) is 0 Å². The van der Waals surface area contributed by atoms with Crippen LogP contribution in [-0.4, -0.2) is 59.2 Å². The van der Waals surface area contributed by atoms with Gasteiger partial charge in [0.15, 0.2) is 0 Å². The Morgan fingerprint density at radius 2 is 2.39 bits per heavy atom. The van der Waals surface area contributed by atoms with Crippen molar-refractivity contribution in [2.45, 2.75) is 12.6 Å². The highest BCUT2D eigenvalue weighted by atomic mass is 16.2. The van der Waals surface area contributed by atoms with Gasteiger partial charge in [-0.1, -0.05) is 0 Å². The average molecular weight is 251 g/mol. The number of likely N-dealkylation sites (N-methyl/N-ethyl adjacent to an activating group) is 1. The van der Waals surface area contributed by atoms with Gasteiger partial charge in [0.25, 0.3) is 0 Å². The maximum atomic E-state index is 12.2. The largest absolute Gasteiger partial charge is 0.357 e. The van der Waals surface area contributed by atoms with Crippen molar-refractivity contribution < 1.29 is 9.59 Å². The summed E-state index contributed by atoms with van der Waals surface area (Å²) in [6, 6.07) is 1.33. The lowest BCUT2D eigenvalue weighted by molar-refractivity contribution is -0.142. The monoisotopic (exact) mass is 251 g/mol. The van der Waals surface area contributed by atoms with E-state index in [4.69, 9.17) is 0 Å². The third kappa shape index (κ3) is 2.67. The van der Waals surface area contributed by atoms with Crippen LogP contribution in [0.2, 0.25) is 0 Å². The molecule has 0 spiro atoms. The molecule has 18 heavy (non-hydrogen) atoms. The molecular weight excluding hydrogens is 234 g/mol. The lowest BCUT2D eigenvalue weighted by Gasteiger charge is -2.34. The molecule has 1 fully saturated rings. The second-order valence-electron chi connectivity index (χ2n) is 4.12. The predicted molar refractivity (Wildman–Crippen MR) is 64.7 cm³/mol. The minimum atomic E-state index is -0.438. The van der Waals surface area contributed by atoms with Crippen LogP contribution in [0, 0.1) is 0 Å². The zero-order valence-electron chi connectivity index (χ0n) is 10.3. The Morgan fingerprint density at radius 1 is 1.56 bits per heavy atom. The Kier molecular flexibility index (Phi) is 3.93. The van der Waals surface area contributed by atoms with Gasteiger partial charge in [0.05, 0.1) is 0 Å². The van der Waals surface area contributed by atoms with Gasteiger partial charge in [-0.25, -0.2) is 0 Å². The van der Waals surface area contributed by atoms with Crippen LogP contribution in [-0.2, 0) is 16.1 Å². The van der Waals surface area contributed by atoms with Gasteiger partial charge in [0.2, 0.25) is 11.8 Å². The Balaban J connectivity index is 2.04. The van der Waals surface area contributed by atoms with Crippen molar-refractivity contribution in [3.63, 3.8) is 0 Å². The summed E-state index contributed by atoms with van der Waals surface area (Å²) in [6.07, 6.45) is 3.36. The number of nitrogens with one attached hydrogen (secondary N) is 2. The van der Waals surface area contributed by atoms with Gasteiger partial charge < -0.3 is 15.5 Å². The first-order valence-electron chi connectivity index (χ1n) is 5.91. The van der Waals surface area contributed by atoms with Crippen LogP contribution in [0.4, 0.5) is 0 Å². The lowest BCUT2D eigenvalue weighted by atomic mass is 10.1. The number of piperazine rings is 1. The smallest absolute Gasteiger partial charge is 0.245 e. The average Bonchev–Trinajstić information content (AvgIpc) is 2.90. The molecule has 0 bridgehead atoms. The van der Waals surface area contributed by atoms with Crippen molar-refractivity contribution in [2.75, 3.05) is 26.7 Å². The van der Waals surface area contributed by atoms with Crippen LogP contribution in [0.15, 0.2) is 18.5 Å². The molecule has 2 N–H and O–H groups in total. The zero-order valence-corrected chi connectivity index (χ0v) is 10.3. The van der Waals surface area contributed by atoms with E-state index in [2.05, 4.69) is 15.7 Å². The van der Waals surface area contributed by atoms with E-state index >= 15 is 0 Å². The van der Waals surface area contributed by atoms with Crippen molar-refractivity contribution >= 4 is 11.8 Å². The zero-order chi connectivity index (χ0) is 13.0. The van der Waals surface area contributed by atoms with Crippen LogP contribution in [0.5, 0.6) is 0 Å². The Morgan fingerprint density at radius 3 is 3.06 bits per heavy atom. The number of carbonyl (C=O) groups is 2. The minimum absolute atomic E-state index is 0.0891. The molecule has 7 nitrogen and oxygen atoms in total. The number of hydrogen-bond acceptors (Lipinski definition) is 4. The van der Waals surface area contributed by atoms with Crippen molar-refractivity contribution in [2.24, 2.45) is 0 Å². The number of rotatable bonds is 3. The summed E-state index contributed by atoms with van der Waals surface area (Å²) in [5.74, 6) is -0.232. The van der Waals surface area contributed by atoms with Crippen LogP contribution in [0.1, 0.15) is 0 Å². The minimum Gasteiger partial charge on any atom is -0.357 e. The molecule has 1 aliphatic heterocycles. The summed E-state index contributed by atoms with van der Waals surface area (Å²) >= 11 is 0. The van der Waals surface area contributed by atoms with Gasteiger partial charge in [0.1, 0.15) is 12.6 Å². The fourth-order valence-electron chi connectivity index (χ4n) is 2.03. The summed E-state index contributed by atoms with van der Waals surface area (Å²) in [6.45, 7) is 1.90.